The van der Waals surface area contributed by atoms with E-state index >= 15 is 0 Å². The Hall–Kier alpha value is -2.24. The summed E-state index contributed by atoms with van der Waals surface area (Å²) in [7, 11) is 0. The van der Waals surface area contributed by atoms with Crippen molar-refractivity contribution in [2.75, 3.05) is 19.7 Å². The molecule has 0 radical (unpaired) electrons. The van der Waals surface area contributed by atoms with Gasteiger partial charge < -0.3 is 20.5 Å². The van der Waals surface area contributed by atoms with Crippen LogP contribution in [-0.2, 0) is 9.59 Å². The lowest BCUT2D eigenvalue weighted by Crippen LogP contribution is -2.37. The van der Waals surface area contributed by atoms with Gasteiger partial charge in [0.05, 0.1) is 6.54 Å². The quantitative estimate of drug-likeness (QED) is 0.131. The molecule has 0 bridgehead atoms. The van der Waals surface area contributed by atoms with Crippen LogP contribution >= 0.6 is 0 Å². The van der Waals surface area contributed by atoms with Gasteiger partial charge in [0.15, 0.2) is 0 Å². The van der Waals surface area contributed by atoms with Crippen molar-refractivity contribution in [3.63, 3.8) is 0 Å². The third-order valence-corrected chi connectivity index (χ3v) is 6.43. The number of carbonyl (C=O) groups excluding carboxylic acids is 2. The summed E-state index contributed by atoms with van der Waals surface area (Å²) in [5, 5.41) is 9.34. The molecule has 35 heavy (non-hydrogen) atoms. The summed E-state index contributed by atoms with van der Waals surface area (Å²) in [4.78, 5) is 25.2. The van der Waals surface area contributed by atoms with Gasteiger partial charge in [-0.3, -0.25) is 9.59 Å². The highest BCUT2D eigenvalue weighted by molar-refractivity contribution is 5.96. The van der Waals surface area contributed by atoms with E-state index < -0.39 is 5.91 Å². The number of aromatic hydroxyl groups is 1. The molecule has 1 rings (SSSR count). The van der Waals surface area contributed by atoms with Crippen LogP contribution in [0.1, 0.15) is 116 Å². The lowest BCUT2D eigenvalue weighted by molar-refractivity contribution is -0.135. The average molecular weight is 491 g/mol. The first kappa shape index (κ1) is 30.8. The number of nitrogens with two attached hydrogens (primary N) is 1. The first-order chi connectivity index (χ1) is 17.0. The van der Waals surface area contributed by atoms with Gasteiger partial charge >= 0.3 is 0 Å². The third kappa shape index (κ3) is 17.8. The number of rotatable bonds is 23. The first-order valence-electron chi connectivity index (χ1n) is 14.0. The van der Waals surface area contributed by atoms with Crippen molar-refractivity contribution in [2.45, 2.75) is 116 Å². The Balaban J connectivity index is 2.07. The van der Waals surface area contributed by atoms with E-state index in [2.05, 4.69) is 6.92 Å². The molecule has 0 aliphatic rings. The molecule has 0 saturated heterocycles. The van der Waals surface area contributed by atoms with Crippen LogP contribution in [0.3, 0.4) is 0 Å². The number of phenols is 1. The van der Waals surface area contributed by atoms with E-state index in [0.29, 0.717) is 25.4 Å². The molecule has 0 aliphatic carbocycles. The number of benzene rings is 1. The molecule has 1 aromatic carbocycles. The van der Waals surface area contributed by atoms with Gasteiger partial charge in [-0.05, 0) is 30.7 Å². The molecule has 6 heteroatoms. The molecule has 1 aromatic rings. The maximum absolute atomic E-state index is 12.4. The Kier molecular flexibility index (Phi) is 18.5. The summed E-state index contributed by atoms with van der Waals surface area (Å²) in [6, 6.07) is 6.48. The normalized spacial score (nSPS) is 10.9. The molecule has 0 saturated carbocycles. The van der Waals surface area contributed by atoms with Gasteiger partial charge in [-0.1, -0.05) is 103 Å². The Morgan fingerprint density at radius 1 is 0.743 bits per heavy atom. The Morgan fingerprint density at radius 3 is 1.66 bits per heavy atom. The summed E-state index contributed by atoms with van der Waals surface area (Å²) < 4.78 is 5.66. The number of primary amides is 1. The topological polar surface area (TPSA) is 92.9 Å². The van der Waals surface area contributed by atoms with E-state index in [-0.39, 0.29) is 18.1 Å². The first-order valence-corrected chi connectivity index (χ1v) is 14.0. The van der Waals surface area contributed by atoms with Crippen LogP contribution in [0, 0.1) is 0 Å². The maximum Gasteiger partial charge on any atom is 0.232 e. The van der Waals surface area contributed by atoms with Crippen molar-refractivity contribution in [3.05, 3.63) is 24.3 Å². The summed E-state index contributed by atoms with van der Waals surface area (Å²) in [5.41, 5.74) is 5.21. The Labute approximate surface area is 213 Å². The minimum absolute atomic E-state index is 0.180. The molecule has 0 aromatic heterocycles. The fourth-order valence-corrected chi connectivity index (χ4v) is 4.29. The SMILES string of the molecule is CCCCCCCCCCCCCCCCCCN(CCOc1ccc(O)cc1)C(=O)CC(N)=O. The van der Waals surface area contributed by atoms with Crippen LogP contribution in [0.15, 0.2) is 24.3 Å². The fraction of sp³-hybridized carbons (Fsp3) is 0.724. The number of hydrogen-bond donors (Lipinski definition) is 2. The monoisotopic (exact) mass is 490 g/mol. The molecule has 6 nitrogen and oxygen atoms in total. The van der Waals surface area contributed by atoms with Crippen LogP contribution in [0.25, 0.3) is 0 Å². The van der Waals surface area contributed by atoms with E-state index in [4.69, 9.17) is 10.5 Å². The third-order valence-electron chi connectivity index (χ3n) is 6.43. The number of carbonyl (C=O) groups is 2. The molecule has 0 heterocycles. The fourth-order valence-electron chi connectivity index (χ4n) is 4.29. The van der Waals surface area contributed by atoms with Crippen LogP contribution < -0.4 is 10.5 Å². The molecule has 0 fully saturated rings. The molecular weight excluding hydrogens is 440 g/mol. The van der Waals surface area contributed by atoms with Gasteiger partial charge in [-0.2, -0.15) is 0 Å². The second-order valence-corrected chi connectivity index (χ2v) is 9.67. The van der Waals surface area contributed by atoms with E-state index in [1.165, 1.54) is 89.9 Å². The number of phenolic OH excluding ortho intramolecular Hbond substituents is 1. The summed E-state index contributed by atoms with van der Waals surface area (Å²) in [6.45, 7) is 3.62. The number of unbranched alkanes of at least 4 members (excludes halogenated alkanes) is 15. The van der Waals surface area contributed by atoms with Crippen molar-refractivity contribution in [3.8, 4) is 11.5 Å². The number of hydrogen-bond acceptors (Lipinski definition) is 4. The zero-order valence-electron chi connectivity index (χ0n) is 22.1. The van der Waals surface area contributed by atoms with Gasteiger partial charge in [0.1, 0.15) is 24.5 Å². The van der Waals surface area contributed by atoms with Crippen molar-refractivity contribution in [2.24, 2.45) is 5.73 Å². The number of amides is 2. The molecular formula is C29H50N2O4. The molecule has 200 valence electrons. The molecule has 0 unspecified atom stereocenters. The molecule has 0 atom stereocenters. The van der Waals surface area contributed by atoms with Crippen molar-refractivity contribution in [1.82, 2.24) is 4.90 Å². The lowest BCUT2D eigenvalue weighted by atomic mass is 10.0. The zero-order chi connectivity index (χ0) is 25.6. The predicted molar refractivity (Wildman–Crippen MR) is 144 cm³/mol. The minimum Gasteiger partial charge on any atom is -0.508 e. The smallest absolute Gasteiger partial charge is 0.232 e. The second-order valence-electron chi connectivity index (χ2n) is 9.67. The second kappa shape index (κ2) is 21.1. The Bertz CT molecular complexity index is 663. The van der Waals surface area contributed by atoms with Gasteiger partial charge in [0.25, 0.3) is 0 Å². The Morgan fingerprint density at radius 2 is 1.20 bits per heavy atom. The molecule has 3 N–H and O–H groups in total. The van der Waals surface area contributed by atoms with Gasteiger partial charge in [0.2, 0.25) is 11.8 Å². The average Bonchev–Trinajstić information content (AvgIpc) is 2.83. The summed E-state index contributed by atoms with van der Waals surface area (Å²) in [6.07, 6.45) is 20.7. The van der Waals surface area contributed by atoms with E-state index in [1.807, 2.05) is 0 Å². The predicted octanol–water partition coefficient (Wildman–Crippen LogP) is 6.74. The van der Waals surface area contributed by atoms with Crippen LogP contribution in [0.4, 0.5) is 0 Å². The zero-order valence-corrected chi connectivity index (χ0v) is 22.1. The van der Waals surface area contributed by atoms with Gasteiger partial charge in [-0.25, -0.2) is 0 Å². The number of ether oxygens (including phenoxy) is 1. The highest BCUT2D eigenvalue weighted by Gasteiger charge is 2.15. The standard InChI is InChI=1S/C29H50N2O4/c1-2-3-4-5-6-7-8-9-10-11-12-13-14-15-16-17-22-31(29(34)25-28(30)33)23-24-35-27-20-18-26(32)19-21-27/h18-21,32H,2-17,22-25H2,1H3,(H2,30,33). The highest BCUT2D eigenvalue weighted by Crippen LogP contribution is 2.16. The van der Waals surface area contributed by atoms with Crippen LogP contribution in [0.5, 0.6) is 11.5 Å². The summed E-state index contributed by atoms with van der Waals surface area (Å²) >= 11 is 0. The molecule has 2 amide bonds. The number of nitrogens with zero attached hydrogens (tertiary/aromatic N) is 1. The molecule has 0 aliphatic heterocycles. The highest BCUT2D eigenvalue weighted by atomic mass is 16.5. The van der Waals surface area contributed by atoms with Crippen LogP contribution in [-0.4, -0.2) is 41.5 Å². The maximum atomic E-state index is 12.4. The molecule has 0 spiro atoms. The van der Waals surface area contributed by atoms with Crippen molar-refractivity contribution < 1.29 is 19.4 Å². The van der Waals surface area contributed by atoms with E-state index in [9.17, 15) is 14.7 Å². The van der Waals surface area contributed by atoms with Crippen molar-refractivity contribution >= 4 is 11.8 Å². The van der Waals surface area contributed by atoms with Crippen LogP contribution in [0.2, 0.25) is 0 Å². The lowest BCUT2D eigenvalue weighted by Gasteiger charge is -2.22. The van der Waals surface area contributed by atoms with Crippen molar-refractivity contribution in [1.29, 1.82) is 0 Å². The van der Waals surface area contributed by atoms with E-state index in [0.717, 1.165) is 12.8 Å². The van der Waals surface area contributed by atoms with Gasteiger partial charge in [-0.15, -0.1) is 0 Å². The summed E-state index contributed by atoms with van der Waals surface area (Å²) in [5.74, 6) is -0.0363. The van der Waals surface area contributed by atoms with Gasteiger partial charge in [0, 0.05) is 6.54 Å². The largest absolute Gasteiger partial charge is 0.508 e. The van der Waals surface area contributed by atoms with E-state index in [1.54, 1.807) is 29.2 Å². The minimum atomic E-state index is -0.605.